The van der Waals surface area contributed by atoms with E-state index >= 15 is 0 Å². The lowest BCUT2D eigenvalue weighted by Gasteiger charge is -2.09. The lowest BCUT2D eigenvalue weighted by atomic mass is 10.2. The molecule has 4 rings (SSSR count). The summed E-state index contributed by atoms with van der Waals surface area (Å²) >= 11 is 0. The number of para-hydroxylation sites is 1. The van der Waals surface area contributed by atoms with Crippen molar-refractivity contribution < 1.29 is 17.9 Å². The number of sulfonamides is 1. The fraction of sp³-hybridized carbons (Fsp3) is 0.280. The number of nitrogens with one attached hydrogen (secondary N) is 1. The summed E-state index contributed by atoms with van der Waals surface area (Å²) in [5.41, 5.74) is 2.90. The molecule has 0 saturated heterocycles. The van der Waals surface area contributed by atoms with Gasteiger partial charge >= 0.3 is 5.97 Å². The van der Waals surface area contributed by atoms with Crippen LogP contribution in [0.15, 0.2) is 64.5 Å². The number of fused-ring (bicyclic) bond motifs is 1. The average molecular weight is 492 g/mol. The van der Waals surface area contributed by atoms with Gasteiger partial charge in [-0.15, -0.1) is 0 Å². The number of hydrogen-bond acceptors (Lipinski definition) is 7. The normalized spacial score (nSPS) is 14.8. The quantitative estimate of drug-likeness (QED) is 0.361. The lowest BCUT2D eigenvalue weighted by molar-refractivity contribution is -0.145. The number of esters is 1. The minimum Gasteiger partial charge on any atom is -0.459 e. The van der Waals surface area contributed by atoms with Crippen LogP contribution in [-0.4, -0.2) is 36.5 Å². The molecule has 2 heterocycles. The Morgan fingerprint density at radius 3 is 2.63 bits per heavy atom. The van der Waals surface area contributed by atoms with Gasteiger partial charge in [0.25, 0.3) is 10.0 Å². The molecule has 0 bridgehead atoms. The van der Waals surface area contributed by atoms with E-state index in [1.54, 1.807) is 35.9 Å². The molecule has 0 atom stereocenters. The van der Waals surface area contributed by atoms with Crippen LogP contribution in [0, 0.1) is 18.3 Å². The molecule has 1 aliphatic rings. The Hall–Kier alpha value is -3.97. The number of carbonyl (C=O) groups is 1. The van der Waals surface area contributed by atoms with Gasteiger partial charge in [0.1, 0.15) is 24.1 Å². The summed E-state index contributed by atoms with van der Waals surface area (Å²) in [6.07, 6.45) is 2.31. The van der Waals surface area contributed by atoms with Gasteiger partial charge in [-0.3, -0.25) is 14.5 Å². The lowest BCUT2D eigenvalue weighted by Crippen LogP contribution is -2.22. The van der Waals surface area contributed by atoms with E-state index in [1.165, 1.54) is 0 Å². The molecule has 180 valence electrons. The second-order valence-electron chi connectivity index (χ2n) is 8.07. The Labute approximate surface area is 204 Å². The van der Waals surface area contributed by atoms with E-state index < -0.39 is 10.0 Å². The minimum atomic E-state index is -3.54. The average Bonchev–Trinajstić information content (AvgIpc) is 3.32. The van der Waals surface area contributed by atoms with E-state index in [1.807, 2.05) is 30.3 Å². The number of ether oxygens (including phenoxy) is 1. The summed E-state index contributed by atoms with van der Waals surface area (Å²) < 4.78 is 33.8. The van der Waals surface area contributed by atoms with Crippen molar-refractivity contribution in [1.29, 1.82) is 5.26 Å². The Morgan fingerprint density at radius 2 is 1.86 bits per heavy atom. The first-order chi connectivity index (χ1) is 16.9. The summed E-state index contributed by atoms with van der Waals surface area (Å²) in [4.78, 5) is 16.9. The van der Waals surface area contributed by atoms with E-state index in [4.69, 9.17) is 4.74 Å². The van der Waals surface area contributed by atoms with Gasteiger partial charge in [0.2, 0.25) is 0 Å². The number of nitriles is 1. The summed E-state index contributed by atoms with van der Waals surface area (Å²) in [5.74, 6) is 0.00905. The number of amidine groups is 1. The van der Waals surface area contributed by atoms with Crippen LogP contribution in [0.3, 0.4) is 0 Å². The molecule has 0 fully saturated rings. The van der Waals surface area contributed by atoms with Gasteiger partial charge in [0, 0.05) is 18.5 Å². The monoisotopic (exact) mass is 491 g/mol. The molecule has 9 nitrogen and oxygen atoms in total. The van der Waals surface area contributed by atoms with Gasteiger partial charge in [-0.1, -0.05) is 36.8 Å². The number of unbranched alkanes of at least 4 members (excludes halogenated alkanes) is 2. The molecule has 10 heteroatoms. The Balaban J connectivity index is 1.25. The number of aryl methyl sites for hydroxylation is 1. The van der Waals surface area contributed by atoms with Crippen molar-refractivity contribution >= 4 is 21.8 Å². The molecule has 1 aliphatic heterocycles. The Bertz CT molecular complexity index is 1410. The Kier molecular flexibility index (Phi) is 7.27. The second-order valence-corrected chi connectivity index (χ2v) is 9.72. The molecule has 1 aromatic heterocycles. The van der Waals surface area contributed by atoms with Crippen LogP contribution in [-0.2, 0) is 26.2 Å². The third-order valence-corrected chi connectivity index (χ3v) is 7.01. The highest BCUT2D eigenvalue weighted by molar-refractivity contribution is 7.90. The predicted molar refractivity (Wildman–Crippen MR) is 129 cm³/mol. The second kappa shape index (κ2) is 10.5. The first kappa shape index (κ1) is 24.2. The predicted octanol–water partition coefficient (Wildman–Crippen LogP) is 3.39. The van der Waals surface area contributed by atoms with Crippen LogP contribution >= 0.6 is 0 Å². The molecule has 0 amide bonds. The highest BCUT2D eigenvalue weighted by atomic mass is 32.2. The number of benzene rings is 2. The van der Waals surface area contributed by atoms with Gasteiger partial charge < -0.3 is 4.74 Å². The van der Waals surface area contributed by atoms with Gasteiger partial charge in [0.15, 0.2) is 0 Å². The standard InChI is InChI=1S/C25H25N5O4S/c1-18-21(16-26)22(30(28-18)19-10-4-2-5-11-19)17-34-24(31)14-6-3-9-15-27-25-20-12-7-8-13-23(20)35(32,33)29-25/h2,4-5,7-8,10-13H,3,6,9,14-15,17H2,1H3,(H,27,29). The molecule has 0 unspecified atom stereocenters. The molecule has 0 aliphatic carbocycles. The largest absolute Gasteiger partial charge is 0.459 e. The summed E-state index contributed by atoms with van der Waals surface area (Å²) in [6, 6.07) is 18.3. The third kappa shape index (κ3) is 5.41. The van der Waals surface area contributed by atoms with Crippen molar-refractivity contribution in [1.82, 2.24) is 14.5 Å². The molecule has 3 aromatic rings. The van der Waals surface area contributed by atoms with Gasteiger partial charge in [-0.2, -0.15) is 10.4 Å². The van der Waals surface area contributed by atoms with Gasteiger partial charge in [-0.25, -0.2) is 13.1 Å². The van der Waals surface area contributed by atoms with Crippen LogP contribution in [0.2, 0.25) is 0 Å². The molecule has 35 heavy (non-hydrogen) atoms. The molecule has 1 N–H and O–H groups in total. The van der Waals surface area contributed by atoms with Crippen LogP contribution in [0.25, 0.3) is 5.69 Å². The summed E-state index contributed by atoms with van der Waals surface area (Å²) in [6.45, 7) is 2.16. The van der Waals surface area contributed by atoms with Crippen molar-refractivity contribution in [2.45, 2.75) is 44.1 Å². The SMILES string of the molecule is Cc1nn(-c2ccccc2)c(COC(=O)CCCCCN=C2NS(=O)(=O)c3ccccc32)c1C#N. The highest BCUT2D eigenvalue weighted by Crippen LogP contribution is 2.22. The number of nitrogens with zero attached hydrogens (tertiary/aromatic N) is 4. The zero-order valence-corrected chi connectivity index (χ0v) is 20.1. The van der Waals surface area contributed by atoms with E-state index in [2.05, 4.69) is 20.9 Å². The zero-order chi connectivity index (χ0) is 24.8. The molecule has 2 aromatic carbocycles. The number of aromatic nitrogens is 2. The van der Waals surface area contributed by atoms with Crippen molar-refractivity contribution in [3.8, 4) is 11.8 Å². The van der Waals surface area contributed by atoms with Crippen molar-refractivity contribution in [3.05, 3.63) is 77.1 Å². The maximum Gasteiger partial charge on any atom is 0.306 e. The Morgan fingerprint density at radius 1 is 1.11 bits per heavy atom. The molecular weight excluding hydrogens is 466 g/mol. The first-order valence-corrected chi connectivity index (χ1v) is 12.8. The zero-order valence-electron chi connectivity index (χ0n) is 19.3. The fourth-order valence-electron chi connectivity index (χ4n) is 3.86. The van der Waals surface area contributed by atoms with E-state index in [0.717, 1.165) is 12.1 Å². The van der Waals surface area contributed by atoms with Crippen molar-refractivity contribution in [3.63, 3.8) is 0 Å². The number of hydrogen-bond donors (Lipinski definition) is 1. The highest BCUT2D eigenvalue weighted by Gasteiger charge is 2.29. The van der Waals surface area contributed by atoms with Crippen LogP contribution < -0.4 is 4.72 Å². The summed E-state index contributed by atoms with van der Waals surface area (Å²) in [7, 11) is -3.54. The van der Waals surface area contributed by atoms with E-state index in [9.17, 15) is 18.5 Å². The number of rotatable bonds is 9. The molecule has 0 saturated carbocycles. The third-order valence-electron chi connectivity index (χ3n) is 5.61. The van der Waals surface area contributed by atoms with Crippen LogP contribution in [0.1, 0.15) is 48.2 Å². The number of aliphatic imine (C=N–C) groups is 1. The minimum absolute atomic E-state index is 0.0370. The first-order valence-electron chi connectivity index (χ1n) is 11.3. The molecule has 0 spiro atoms. The van der Waals surface area contributed by atoms with Crippen LogP contribution in [0.4, 0.5) is 0 Å². The van der Waals surface area contributed by atoms with Gasteiger partial charge in [0.05, 0.1) is 22.0 Å². The smallest absolute Gasteiger partial charge is 0.306 e. The van der Waals surface area contributed by atoms with E-state index in [0.29, 0.717) is 47.7 Å². The molecule has 0 radical (unpaired) electrons. The van der Waals surface area contributed by atoms with Crippen LogP contribution in [0.5, 0.6) is 0 Å². The fourth-order valence-corrected chi connectivity index (χ4v) is 5.11. The molecular formula is C25H25N5O4S. The number of carbonyl (C=O) groups excluding carboxylic acids is 1. The topological polar surface area (TPSA) is 126 Å². The van der Waals surface area contributed by atoms with Gasteiger partial charge in [-0.05, 0) is 44.0 Å². The maximum absolute atomic E-state index is 12.3. The van der Waals surface area contributed by atoms with Crippen molar-refractivity contribution in [2.75, 3.05) is 6.54 Å². The van der Waals surface area contributed by atoms with E-state index in [-0.39, 0.29) is 23.9 Å². The van der Waals surface area contributed by atoms with Crippen molar-refractivity contribution in [2.24, 2.45) is 4.99 Å². The maximum atomic E-state index is 12.3. The summed E-state index contributed by atoms with van der Waals surface area (Å²) in [5, 5.41) is 13.9.